The molecule has 152 valence electrons. The number of Topliss-reactive ketones (excluding diaryl/α,β-unsaturated/α-hetero) is 1. The van der Waals surface area contributed by atoms with Crippen molar-refractivity contribution < 1.29 is 14.3 Å². The summed E-state index contributed by atoms with van der Waals surface area (Å²) in [5.74, 6) is 0.808. The molecule has 0 saturated carbocycles. The zero-order valence-electron chi connectivity index (χ0n) is 17.5. The van der Waals surface area contributed by atoms with Crippen LogP contribution in [0.1, 0.15) is 44.3 Å². The number of ketones is 1. The van der Waals surface area contributed by atoms with Gasteiger partial charge < -0.3 is 10.1 Å². The molecule has 0 aromatic heterocycles. The molecular formula is C26H25NO3. The summed E-state index contributed by atoms with van der Waals surface area (Å²) in [6.45, 7) is 6.00. The summed E-state index contributed by atoms with van der Waals surface area (Å²) in [6, 6.07) is 19.5. The molecule has 1 amide bonds. The molecule has 1 aliphatic heterocycles. The first-order valence-corrected chi connectivity index (χ1v) is 10.2. The first-order chi connectivity index (χ1) is 14.4. The van der Waals surface area contributed by atoms with Crippen LogP contribution in [0.15, 0.2) is 60.7 Å². The van der Waals surface area contributed by atoms with Gasteiger partial charge in [0.05, 0.1) is 6.54 Å². The van der Waals surface area contributed by atoms with Gasteiger partial charge >= 0.3 is 0 Å². The largest absolute Gasteiger partial charge is 0.488 e. The van der Waals surface area contributed by atoms with E-state index in [4.69, 9.17) is 4.74 Å². The second kappa shape index (κ2) is 8.15. The minimum Gasteiger partial charge on any atom is -0.488 e. The van der Waals surface area contributed by atoms with Crippen LogP contribution in [-0.2, 0) is 6.42 Å². The number of aryl methyl sites for hydroxylation is 2. The van der Waals surface area contributed by atoms with Gasteiger partial charge in [-0.15, -0.1) is 0 Å². The highest BCUT2D eigenvalue weighted by Gasteiger charge is 2.24. The van der Waals surface area contributed by atoms with Crippen LogP contribution in [0, 0.1) is 13.8 Å². The highest BCUT2D eigenvalue weighted by atomic mass is 16.5. The third-order valence-corrected chi connectivity index (χ3v) is 5.54. The Labute approximate surface area is 176 Å². The minimum absolute atomic E-state index is 0.0503. The van der Waals surface area contributed by atoms with E-state index in [1.54, 1.807) is 6.92 Å². The summed E-state index contributed by atoms with van der Waals surface area (Å²) in [4.78, 5) is 24.5. The Balaban J connectivity index is 1.45. The van der Waals surface area contributed by atoms with E-state index in [1.807, 2.05) is 68.4 Å². The molecule has 1 heterocycles. The third kappa shape index (κ3) is 3.99. The summed E-state index contributed by atoms with van der Waals surface area (Å²) < 4.78 is 6.03. The van der Waals surface area contributed by atoms with Crippen LogP contribution >= 0.6 is 0 Å². The van der Waals surface area contributed by atoms with Crippen molar-refractivity contribution in [3.8, 4) is 16.9 Å². The number of amides is 1. The topological polar surface area (TPSA) is 55.4 Å². The highest BCUT2D eigenvalue weighted by Crippen LogP contribution is 2.34. The Morgan fingerprint density at radius 3 is 2.57 bits per heavy atom. The molecule has 0 bridgehead atoms. The van der Waals surface area contributed by atoms with Gasteiger partial charge in [0.25, 0.3) is 5.91 Å². The Hall–Kier alpha value is -3.40. The molecule has 0 unspecified atom stereocenters. The van der Waals surface area contributed by atoms with E-state index in [2.05, 4.69) is 11.4 Å². The lowest BCUT2D eigenvalue weighted by Gasteiger charge is -2.13. The summed E-state index contributed by atoms with van der Waals surface area (Å²) in [5, 5.41) is 3.00. The fraction of sp³-hybridized carbons (Fsp3) is 0.231. The maximum Gasteiger partial charge on any atom is 0.251 e. The number of benzene rings is 3. The Bertz CT molecular complexity index is 1130. The fourth-order valence-electron chi connectivity index (χ4n) is 4.01. The number of hydrogen-bond acceptors (Lipinski definition) is 3. The van der Waals surface area contributed by atoms with Crippen molar-refractivity contribution in [3.63, 3.8) is 0 Å². The SMILES string of the molecule is CC(=O)c1ccccc1-c1ccc2c(c1)C[C@@H](CNC(=O)c1ccc(C)cc1C)O2. The highest BCUT2D eigenvalue weighted by molar-refractivity contribution is 6.00. The quantitative estimate of drug-likeness (QED) is 0.621. The predicted octanol–water partition coefficient (Wildman–Crippen LogP) is 4.91. The molecule has 3 aromatic rings. The molecule has 1 aliphatic rings. The molecule has 0 radical (unpaired) electrons. The van der Waals surface area contributed by atoms with E-state index in [1.165, 1.54) is 0 Å². The lowest BCUT2D eigenvalue weighted by molar-refractivity contribution is 0.0932. The van der Waals surface area contributed by atoms with Crippen molar-refractivity contribution in [1.82, 2.24) is 5.32 Å². The van der Waals surface area contributed by atoms with Gasteiger partial charge in [-0.25, -0.2) is 0 Å². The van der Waals surface area contributed by atoms with Gasteiger partial charge in [0.2, 0.25) is 0 Å². The van der Waals surface area contributed by atoms with Crippen molar-refractivity contribution in [1.29, 1.82) is 0 Å². The van der Waals surface area contributed by atoms with E-state index in [0.717, 1.165) is 40.0 Å². The zero-order chi connectivity index (χ0) is 21.3. The maximum absolute atomic E-state index is 12.5. The molecule has 1 atom stereocenters. The third-order valence-electron chi connectivity index (χ3n) is 5.54. The van der Waals surface area contributed by atoms with Crippen molar-refractivity contribution in [2.75, 3.05) is 6.54 Å². The average Bonchev–Trinajstić information content (AvgIpc) is 3.14. The molecule has 0 spiro atoms. The van der Waals surface area contributed by atoms with Crippen molar-refractivity contribution >= 4 is 11.7 Å². The lowest BCUT2D eigenvalue weighted by atomic mass is 9.95. The molecule has 30 heavy (non-hydrogen) atoms. The number of fused-ring (bicyclic) bond motifs is 1. The van der Waals surface area contributed by atoms with Gasteiger partial charge in [-0.05, 0) is 61.2 Å². The smallest absolute Gasteiger partial charge is 0.251 e. The van der Waals surface area contributed by atoms with Crippen LogP contribution < -0.4 is 10.1 Å². The van der Waals surface area contributed by atoms with Gasteiger partial charge in [0.1, 0.15) is 11.9 Å². The van der Waals surface area contributed by atoms with E-state index < -0.39 is 0 Å². The van der Waals surface area contributed by atoms with Crippen molar-refractivity contribution in [2.24, 2.45) is 0 Å². The first kappa shape index (κ1) is 19.9. The zero-order valence-corrected chi connectivity index (χ0v) is 17.5. The number of rotatable bonds is 5. The molecule has 4 nitrogen and oxygen atoms in total. The molecule has 3 aromatic carbocycles. The van der Waals surface area contributed by atoms with Crippen LogP contribution in [-0.4, -0.2) is 24.3 Å². The number of hydrogen-bond donors (Lipinski definition) is 1. The van der Waals surface area contributed by atoms with Gasteiger partial charge in [-0.2, -0.15) is 0 Å². The normalized spacial score (nSPS) is 14.7. The monoisotopic (exact) mass is 399 g/mol. The van der Waals surface area contributed by atoms with Crippen LogP contribution in [0.25, 0.3) is 11.1 Å². The summed E-state index contributed by atoms with van der Waals surface area (Å²) in [6.07, 6.45) is 0.617. The predicted molar refractivity (Wildman–Crippen MR) is 118 cm³/mol. The summed E-state index contributed by atoms with van der Waals surface area (Å²) >= 11 is 0. The lowest BCUT2D eigenvalue weighted by Crippen LogP contribution is -2.34. The molecule has 0 saturated heterocycles. The standard InChI is InChI=1S/C26H25NO3/c1-16-8-10-22(17(2)12-16)26(29)27-15-21-14-20-13-19(9-11-25(20)30-21)24-7-5-4-6-23(24)18(3)28/h4-13,21H,14-15H2,1-3H3,(H,27,29)/t21-/m0/s1. The van der Waals surface area contributed by atoms with E-state index >= 15 is 0 Å². The van der Waals surface area contributed by atoms with Crippen LogP contribution in [0.2, 0.25) is 0 Å². The summed E-state index contributed by atoms with van der Waals surface area (Å²) in [7, 11) is 0. The molecule has 0 aliphatic carbocycles. The number of carbonyl (C=O) groups excluding carboxylic acids is 2. The number of carbonyl (C=O) groups is 2. The Morgan fingerprint density at radius 1 is 1.00 bits per heavy atom. The summed E-state index contributed by atoms with van der Waals surface area (Å²) in [5.41, 5.74) is 6.55. The van der Waals surface area contributed by atoms with Gasteiger partial charge in [0.15, 0.2) is 5.78 Å². The maximum atomic E-state index is 12.5. The molecule has 1 N–H and O–H groups in total. The second-order valence-electron chi connectivity index (χ2n) is 7.90. The first-order valence-electron chi connectivity index (χ1n) is 10.2. The van der Waals surface area contributed by atoms with E-state index in [9.17, 15) is 9.59 Å². The number of nitrogens with one attached hydrogen (secondary N) is 1. The van der Waals surface area contributed by atoms with E-state index in [-0.39, 0.29) is 17.8 Å². The van der Waals surface area contributed by atoms with Gasteiger partial charge in [0, 0.05) is 17.5 Å². The minimum atomic E-state index is -0.104. The van der Waals surface area contributed by atoms with Crippen LogP contribution in [0.3, 0.4) is 0 Å². The molecule has 4 heteroatoms. The van der Waals surface area contributed by atoms with Crippen molar-refractivity contribution in [2.45, 2.75) is 33.3 Å². The average molecular weight is 399 g/mol. The van der Waals surface area contributed by atoms with Crippen LogP contribution in [0.4, 0.5) is 0 Å². The Kier molecular flexibility index (Phi) is 5.40. The van der Waals surface area contributed by atoms with Crippen molar-refractivity contribution in [3.05, 3.63) is 88.5 Å². The van der Waals surface area contributed by atoms with Crippen LogP contribution in [0.5, 0.6) is 5.75 Å². The van der Waals surface area contributed by atoms with Gasteiger partial charge in [-0.3, -0.25) is 9.59 Å². The number of ether oxygens (including phenoxy) is 1. The fourth-order valence-corrected chi connectivity index (χ4v) is 4.01. The molecular weight excluding hydrogens is 374 g/mol. The Morgan fingerprint density at radius 2 is 1.80 bits per heavy atom. The molecule has 0 fully saturated rings. The molecule has 4 rings (SSSR count). The van der Waals surface area contributed by atoms with Gasteiger partial charge in [-0.1, -0.05) is 48.0 Å². The van der Waals surface area contributed by atoms with E-state index in [0.29, 0.717) is 17.7 Å². The second-order valence-corrected chi connectivity index (χ2v) is 7.90.